The molecule has 7 nitrogen and oxygen atoms in total. The zero-order valence-electron chi connectivity index (χ0n) is 19.9. The van der Waals surface area contributed by atoms with Gasteiger partial charge in [0.05, 0.1) is 24.3 Å². The zero-order chi connectivity index (χ0) is 24.5. The first-order valence-corrected chi connectivity index (χ1v) is 13.0. The van der Waals surface area contributed by atoms with Crippen molar-refractivity contribution in [3.63, 3.8) is 0 Å². The van der Waals surface area contributed by atoms with Crippen molar-refractivity contribution >= 4 is 34.3 Å². The van der Waals surface area contributed by atoms with Gasteiger partial charge in [-0.1, -0.05) is 17.7 Å². The van der Waals surface area contributed by atoms with Crippen LogP contribution in [0.2, 0.25) is 5.02 Å². The molecule has 5 rings (SSSR count). The van der Waals surface area contributed by atoms with Gasteiger partial charge in [-0.2, -0.15) is 5.10 Å². The second kappa shape index (κ2) is 9.97. The number of rotatable bonds is 8. The van der Waals surface area contributed by atoms with Crippen LogP contribution in [-0.4, -0.2) is 33.9 Å². The highest BCUT2D eigenvalue weighted by Crippen LogP contribution is 2.37. The monoisotopic (exact) mass is 510 g/mol. The molecule has 35 heavy (non-hydrogen) atoms. The Kier molecular flexibility index (Phi) is 6.77. The molecule has 0 saturated heterocycles. The van der Waals surface area contributed by atoms with Gasteiger partial charge >= 0.3 is 0 Å². The number of aryl methyl sites for hydroxylation is 2. The van der Waals surface area contributed by atoms with Crippen molar-refractivity contribution in [2.45, 2.75) is 38.4 Å². The number of nitrogens with zero attached hydrogens (tertiary/aromatic N) is 3. The number of aromatic nitrogens is 3. The summed E-state index contributed by atoms with van der Waals surface area (Å²) in [7, 11) is 0. The van der Waals surface area contributed by atoms with Gasteiger partial charge in [-0.25, -0.2) is 0 Å². The van der Waals surface area contributed by atoms with Crippen LogP contribution < -0.4 is 20.3 Å². The first kappa shape index (κ1) is 23.8. The SMILES string of the molecule is CSc1ccc2cc(CNCCn3nc(C)cc3C)c(=O)n(Cc3cc4c(cc3Cl)OCO4)c2c1. The maximum Gasteiger partial charge on any atom is 0.255 e. The maximum atomic E-state index is 13.7. The van der Waals surface area contributed by atoms with Gasteiger partial charge in [0.15, 0.2) is 11.5 Å². The third kappa shape index (κ3) is 4.91. The molecule has 1 N–H and O–H groups in total. The van der Waals surface area contributed by atoms with Gasteiger partial charge in [0, 0.05) is 40.3 Å². The summed E-state index contributed by atoms with van der Waals surface area (Å²) in [4.78, 5) is 14.7. The molecule has 182 valence electrons. The number of nitrogens with one attached hydrogen (secondary N) is 1. The van der Waals surface area contributed by atoms with Crippen LogP contribution >= 0.6 is 23.4 Å². The van der Waals surface area contributed by atoms with E-state index in [4.69, 9.17) is 21.1 Å². The minimum absolute atomic E-state index is 0.0388. The van der Waals surface area contributed by atoms with Gasteiger partial charge in [-0.15, -0.1) is 11.8 Å². The van der Waals surface area contributed by atoms with Gasteiger partial charge in [0.1, 0.15) is 0 Å². The fourth-order valence-electron chi connectivity index (χ4n) is 4.38. The summed E-state index contributed by atoms with van der Waals surface area (Å²) < 4.78 is 14.7. The highest BCUT2D eigenvalue weighted by molar-refractivity contribution is 7.98. The molecular weight excluding hydrogens is 484 g/mol. The summed E-state index contributed by atoms with van der Waals surface area (Å²) in [5, 5.41) is 9.46. The van der Waals surface area contributed by atoms with Crippen LogP contribution in [0.4, 0.5) is 0 Å². The number of benzene rings is 2. The number of hydrogen-bond donors (Lipinski definition) is 1. The van der Waals surface area contributed by atoms with Crippen molar-refractivity contribution in [1.82, 2.24) is 19.7 Å². The Morgan fingerprint density at radius 1 is 1.09 bits per heavy atom. The fraction of sp³-hybridized carbons (Fsp3) is 0.308. The molecule has 3 heterocycles. The van der Waals surface area contributed by atoms with E-state index in [0.29, 0.717) is 41.7 Å². The van der Waals surface area contributed by atoms with Gasteiger partial charge in [-0.05, 0) is 61.4 Å². The quantitative estimate of drug-likeness (QED) is 0.272. The van der Waals surface area contributed by atoms with E-state index in [1.165, 1.54) is 0 Å². The van der Waals surface area contributed by atoms with E-state index in [-0.39, 0.29) is 12.4 Å². The standard InChI is InChI=1S/C26H27ClN4O3S/c1-16-8-17(2)31(29-16)7-6-28-13-19-9-18-4-5-21(35-3)11-23(18)30(26(19)32)14-20-10-24-25(12-22(20)27)34-15-33-24/h4-5,8-12,28H,6-7,13-15H2,1-3H3. The second-order valence-electron chi connectivity index (χ2n) is 8.61. The molecule has 1 aliphatic rings. The maximum absolute atomic E-state index is 13.7. The van der Waals surface area contributed by atoms with Gasteiger partial charge in [0.2, 0.25) is 6.79 Å². The number of ether oxygens (including phenoxy) is 2. The third-order valence-electron chi connectivity index (χ3n) is 6.17. The molecule has 2 aromatic heterocycles. The molecule has 0 atom stereocenters. The molecule has 4 aromatic rings. The second-order valence-corrected chi connectivity index (χ2v) is 9.90. The highest BCUT2D eigenvalue weighted by Gasteiger charge is 2.18. The van der Waals surface area contributed by atoms with Gasteiger partial charge in [-0.3, -0.25) is 9.48 Å². The zero-order valence-corrected chi connectivity index (χ0v) is 21.5. The predicted molar refractivity (Wildman–Crippen MR) is 140 cm³/mol. The lowest BCUT2D eigenvalue weighted by atomic mass is 10.1. The van der Waals surface area contributed by atoms with Crippen molar-refractivity contribution in [3.8, 4) is 11.5 Å². The van der Waals surface area contributed by atoms with E-state index in [1.807, 2.05) is 36.9 Å². The van der Waals surface area contributed by atoms with Crippen molar-refractivity contribution in [2.75, 3.05) is 19.6 Å². The lowest BCUT2D eigenvalue weighted by Crippen LogP contribution is -2.29. The van der Waals surface area contributed by atoms with E-state index in [0.717, 1.165) is 39.3 Å². The summed E-state index contributed by atoms with van der Waals surface area (Å²) in [5.41, 5.74) is 4.49. The van der Waals surface area contributed by atoms with Crippen molar-refractivity contribution in [3.05, 3.63) is 80.4 Å². The first-order valence-electron chi connectivity index (χ1n) is 11.4. The van der Waals surface area contributed by atoms with Crippen LogP contribution in [0.3, 0.4) is 0 Å². The first-order chi connectivity index (χ1) is 16.9. The van der Waals surface area contributed by atoms with Crippen molar-refractivity contribution in [1.29, 1.82) is 0 Å². The summed E-state index contributed by atoms with van der Waals surface area (Å²) in [6.07, 6.45) is 2.03. The smallest absolute Gasteiger partial charge is 0.255 e. The summed E-state index contributed by atoms with van der Waals surface area (Å²) in [5.74, 6) is 1.27. The van der Waals surface area contributed by atoms with E-state index >= 15 is 0 Å². The largest absolute Gasteiger partial charge is 0.454 e. The predicted octanol–water partition coefficient (Wildman–Crippen LogP) is 4.76. The molecule has 0 aliphatic carbocycles. The van der Waals surface area contributed by atoms with Crippen LogP contribution in [0.5, 0.6) is 11.5 Å². The van der Waals surface area contributed by atoms with Crippen LogP contribution in [-0.2, 0) is 19.6 Å². The topological polar surface area (TPSA) is 70.3 Å². The molecule has 0 saturated carbocycles. The Morgan fingerprint density at radius 3 is 2.63 bits per heavy atom. The minimum Gasteiger partial charge on any atom is -0.454 e. The van der Waals surface area contributed by atoms with Gasteiger partial charge in [0.25, 0.3) is 5.56 Å². The van der Waals surface area contributed by atoms with Crippen LogP contribution in [0.1, 0.15) is 22.5 Å². The van der Waals surface area contributed by atoms with Crippen LogP contribution in [0.15, 0.2) is 52.2 Å². The lowest BCUT2D eigenvalue weighted by Gasteiger charge is -2.16. The normalized spacial score (nSPS) is 12.6. The number of thioether (sulfide) groups is 1. The Balaban J connectivity index is 1.45. The molecular formula is C26H27ClN4O3S. The van der Waals surface area contributed by atoms with Crippen molar-refractivity contribution < 1.29 is 9.47 Å². The fourth-order valence-corrected chi connectivity index (χ4v) is 5.03. The molecule has 0 spiro atoms. The molecule has 9 heteroatoms. The van der Waals surface area contributed by atoms with Gasteiger partial charge < -0.3 is 19.4 Å². The number of hydrogen-bond acceptors (Lipinski definition) is 6. The number of fused-ring (bicyclic) bond motifs is 2. The number of halogens is 1. The lowest BCUT2D eigenvalue weighted by molar-refractivity contribution is 0.174. The summed E-state index contributed by atoms with van der Waals surface area (Å²) in [6.45, 7) is 6.46. The molecule has 2 aromatic carbocycles. The summed E-state index contributed by atoms with van der Waals surface area (Å²) >= 11 is 8.21. The van der Waals surface area contributed by atoms with E-state index in [2.05, 4.69) is 34.7 Å². The van der Waals surface area contributed by atoms with Crippen LogP contribution in [0.25, 0.3) is 10.9 Å². The third-order valence-corrected chi connectivity index (χ3v) is 7.24. The van der Waals surface area contributed by atoms with E-state index < -0.39 is 0 Å². The van der Waals surface area contributed by atoms with E-state index in [9.17, 15) is 4.79 Å². The van der Waals surface area contributed by atoms with E-state index in [1.54, 1.807) is 22.4 Å². The summed E-state index contributed by atoms with van der Waals surface area (Å²) in [6, 6.07) is 13.9. The molecule has 1 aliphatic heterocycles. The Bertz CT molecular complexity index is 1460. The minimum atomic E-state index is -0.0388. The molecule has 0 fully saturated rings. The number of pyridine rings is 1. The molecule has 0 unspecified atom stereocenters. The molecule has 0 bridgehead atoms. The average Bonchev–Trinajstić information content (AvgIpc) is 3.43. The Labute approximate surface area is 213 Å². The average molecular weight is 511 g/mol. The Morgan fingerprint density at radius 2 is 1.89 bits per heavy atom. The Hall–Kier alpha value is -2.94. The molecule has 0 radical (unpaired) electrons. The highest BCUT2D eigenvalue weighted by atomic mass is 35.5. The van der Waals surface area contributed by atoms with Crippen molar-refractivity contribution in [2.24, 2.45) is 0 Å². The van der Waals surface area contributed by atoms with Crippen LogP contribution in [0, 0.1) is 13.8 Å². The molecule has 0 amide bonds.